The summed E-state index contributed by atoms with van der Waals surface area (Å²) in [5, 5.41) is 6.23. The van der Waals surface area contributed by atoms with E-state index < -0.39 is 5.91 Å². The Morgan fingerprint density at radius 2 is 2.08 bits per heavy atom. The highest BCUT2D eigenvalue weighted by Crippen LogP contribution is 2.33. The molecule has 0 aliphatic rings. The van der Waals surface area contributed by atoms with E-state index in [-0.39, 0.29) is 11.0 Å². The number of aryl methyl sites for hydroxylation is 1. The first-order valence-electron chi connectivity index (χ1n) is 7.13. The topological polar surface area (TPSA) is 84.2 Å². The molecule has 0 spiro atoms. The van der Waals surface area contributed by atoms with Crippen LogP contribution in [-0.2, 0) is 6.42 Å². The smallest absolute Gasteiger partial charge is 0.257 e. The van der Waals surface area contributed by atoms with E-state index >= 15 is 0 Å². The molecule has 126 valence electrons. The van der Waals surface area contributed by atoms with Crippen molar-refractivity contribution >= 4 is 68.1 Å². The average molecular weight is 473 g/mol. The van der Waals surface area contributed by atoms with Gasteiger partial charge in [-0.15, -0.1) is 11.3 Å². The van der Waals surface area contributed by atoms with Gasteiger partial charge in [-0.3, -0.25) is 14.9 Å². The molecule has 24 heavy (non-hydrogen) atoms. The van der Waals surface area contributed by atoms with Gasteiger partial charge in [-0.1, -0.05) is 13.0 Å². The number of rotatable bonds is 4. The number of halogens is 1. The van der Waals surface area contributed by atoms with Crippen LogP contribution in [0.25, 0.3) is 0 Å². The highest BCUT2D eigenvalue weighted by molar-refractivity contribution is 14.1. The number of amides is 2. The predicted octanol–water partition coefficient (Wildman–Crippen LogP) is 3.45. The highest BCUT2D eigenvalue weighted by Gasteiger charge is 2.20. The maximum Gasteiger partial charge on any atom is 0.257 e. The number of carbonyl (C=O) groups is 2. The molecule has 5 nitrogen and oxygen atoms in total. The normalized spacial score (nSPS) is 10.3. The molecule has 0 radical (unpaired) electrons. The van der Waals surface area contributed by atoms with Crippen LogP contribution in [0.4, 0.5) is 5.00 Å². The first-order valence-corrected chi connectivity index (χ1v) is 9.43. The van der Waals surface area contributed by atoms with Crippen molar-refractivity contribution in [3.05, 3.63) is 49.4 Å². The van der Waals surface area contributed by atoms with E-state index in [1.165, 1.54) is 11.3 Å². The number of primary amides is 1. The highest BCUT2D eigenvalue weighted by atomic mass is 127. The molecule has 4 N–H and O–H groups in total. The van der Waals surface area contributed by atoms with Crippen LogP contribution >= 0.6 is 46.1 Å². The minimum atomic E-state index is -0.509. The second kappa shape index (κ2) is 8.04. The van der Waals surface area contributed by atoms with Crippen molar-refractivity contribution in [3.63, 3.8) is 0 Å². The lowest BCUT2D eigenvalue weighted by atomic mass is 10.1. The van der Waals surface area contributed by atoms with Crippen LogP contribution in [0.3, 0.4) is 0 Å². The standard InChI is InChI=1S/C16H16IN3O2S2/c1-3-11-8(2)24-15(12(11)13(18)21)20-16(23)19-14(22)9-5-4-6-10(17)7-9/h4-7H,3H2,1-2H3,(H2,18,21)(H2,19,20,22,23). The van der Waals surface area contributed by atoms with Crippen molar-refractivity contribution in [3.8, 4) is 0 Å². The van der Waals surface area contributed by atoms with Crippen LogP contribution in [0.1, 0.15) is 38.1 Å². The van der Waals surface area contributed by atoms with Crippen molar-refractivity contribution in [2.24, 2.45) is 5.73 Å². The molecule has 0 aliphatic heterocycles. The number of anilines is 1. The van der Waals surface area contributed by atoms with Gasteiger partial charge in [0, 0.05) is 14.0 Å². The second-order valence-corrected chi connectivity index (χ2v) is 7.86. The van der Waals surface area contributed by atoms with E-state index in [0.717, 1.165) is 14.0 Å². The van der Waals surface area contributed by atoms with Gasteiger partial charge >= 0.3 is 0 Å². The Labute approximate surface area is 163 Å². The molecule has 1 aromatic heterocycles. The van der Waals surface area contributed by atoms with Gasteiger partial charge in [0.1, 0.15) is 5.00 Å². The molecule has 0 aliphatic carbocycles. The van der Waals surface area contributed by atoms with Crippen LogP contribution in [0, 0.1) is 10.5 Å². The SMILES string of the molecule is CCc1c(C)sc(NC(=S)NC(=O)c2cccc(I)c2)c1C(N)=O. The molecule has 0 fully saturated rings. The molecular formula is C16H16IN3O2S2. The van der Waals surface area contributed by atoms with E-state index in [1.807, 2.05) is 19.9 Å². The number of nitrogens with two attached hydrogens (primary N) is 1. The predicted molar refractivity (Wildman–Crippen MR) is 110 cm³/mol. The number of thiophene rings is 1. The Bertz CT molecular complexity index is 818. The molecule has 0 atom stereocenters. The van der Waals surface area contributed by atoms with Crippen molar-refractivity contribution in [2.45, 2.75) is 20.3 Å². The molecule has 0 saturated carbocycles. The van der Waals surface area contributed by atoms with E-state index in [4.69, 9.17) is 18.0 Å². The molecule has 0 unspecified atom stereocenters. The van der Waals surface area contributed by atoms with Gasteiger partial charge in [0.25, 0.3) is 11.8 Å². The van der Waals surface area contributed by atoms with E-state index in [1.54, 1.807) is 18.2 Å². The summed E-state index contributed by atoms with van der Waals surface area (Å²) in [5.74, 6) is -0.818. The summed E-state index contributed by atoms with van der Waals surface area (Å²) in [4.78, 5) is 24.9. The summed E-state index contributed by atoms with van der Waals surface area (Å²) < 4.78 is 0.955. The van der Waals surface area contributed by atoms with Gasteiger partial charge < -0.3 is 11.1 Å². The quantitative estimate of drug-likeness (QED) is 0.469. The fraction of sp³-hybridized carbons (Fsp3) is 0.188. The Balaban J connectivity index is 2.16. The molecule has 2 aromatic rings. The molecule has 1 heterocycles. The Kier molecular flexibility index (Phi) is 6.30. The maximum atomic E-state index is 12.2. The summed E-state index contributed by atoms with van der Waals surface area (Å²) >= 11 is 8.72. The van der Waals surface area contributed by atoms with Gasteiger partial charge in [0.15, 0.2) is 5.11 Å². The van der Waals surface area contributed by atoms with Crippen LogP contribution in [0.15, 0.2) is 24.3 Å². The summed E-state index contributed by atoms with van der Waals surface area (Å²) in [6, 6.07) is 7.17. The summed E-state index contributed by atoms with van der Waals surface area (Å²) in [5.41, 5.74) is 7.34. The summed E-state index contributed by atoms with van der Waals surface area (Å²) in [6.45, 7) is 3.89. The fourth-order valence-electron chi connectivity index (χ4n) is 2.29. The second-order valence-electron chi connectivity index (χ2n) is 4.98. The van der Waals surface area contributed by atoms with Gasteiger partial charge in [-0.05, 0) is 71.9 Å². The molecule has 8 heteroatoms. The number of benzene rings is 1. The number of hydrogen-bond donors (Lipinski definition) is 3. The van der Waals surface area contributed by atoms with Crippen molar-refractivity contribution < 1.29 is 9.59 Å². The van der Waals surface area contributed by atoms with Gasteiger partial charge in [0.05, 0.1) is 5.56 Å². The molecular weight excluding hydrogens is 457 g/mol. The van der Waals surface area contributed by atoms with E-state index in [9.17, 15) is 9.59 Å². The average Bonchev–Trinajstić information content (AvgIpc) is 2.82. The Hall–Kier alpha value is -1.52. The molecule has 0 saturated heterocycles. The van der Waals surface area contributed by atoms with Crippen LogP contribution in [0.5, 0.6) is 0 Å². The largest absolute Gasteiger partial charge is 0.365 e. The summed E-state index contributed by atoms with van der Waals surface area (Å²) in [6.07, 6.45) is 0.698. The minimum absolute atomic E-state index is 0.130. The van der Waals surface area contributed by atoms with Crippen molar-refractivity contribution in [1.29, 1.82) is 0 Å². The fourth-order valence-corrected chi connectivity index (χ4v) is 4.25. The Morgan fingerprint density at radius 1 is 1.38 bits per heavy atom. The zero-order chi connectivity index (χ0) is 17.9. The zero-order valence-electron chi connectivity index (χ0n) is 13.1. The maximum absolute atomic E-state index is 12.2. The zero-order valence-corrected chi connectivity index (χ0v) is 16.9. The van der Waals surface area contributed by atoms with Gasteiger partial charge in [0.2, 0.25) is 0 Å². The minimum Gasteiger partial charge on any atom is -0.365 e. The monoisotopic (exact) mass is 473 g/mol. The lowest BCUT2D eigenvalue weighted by Gasteiger charge is -2.10. The third-order valence-corrected chi connectivity index (χ3v) is 5.29. The summed E-state index contributed by atoms with van der Waals surface area (Å²) in [7, 11) is 0. The molecule has 2 amide bonds. The number of hydrogen-bond acceptors (Lipinski definition) is 4. The van der Waals surface area contributed by atoms with Crippen molar-refractivity contribution in [1.82, 2.24) is 5.32 Å². The molecule has 2 rings (SSSR count). The lowest BCUT2D eigenvalue weighted by Crippen LogP contribution is -2.34. The number of thiocarbonyl (C=S) groups is 1. The van der Waals surface area contributed by atoms with Crippen molar-refractivity contribution in [2.75, 3.05) is 5.32 Å². The third kappa shape index (κ3) is 4.31. The van der Waals surface area contributed by atoms with Crippen LogP contribution in [-0.4, -0.2) is 16.9 Å². The van der Waals surface area contributed by atoms with Crippen LogP contribution in [0.2, 0.25) is 0 Å². The lowest BCUT2D eigenvalue weighted by molar-refractivity contribution is 0.0975. The van der Waals surface area contributed by atoms with Gasteiger partial charge in [-0.2, -0.15) is 0 Å². The first-order chi connectivity index (χ1) is 11.3. The first kappa shape index (κ1) is 18.8. The number of nitrogens with one attached hydrogen (secondary N) is 2. The molecule has 0 bridgehead atoms. The number of carbonyl (C=O) groups excluding carboxylic acids is 2. The molecule has 1 aromatic carbocycles. The van der Waals surface area contributed by atoms with E-state index in [2.05, 4.69) is 33.2 Å². The third-order valence-electron chi connectivity index (χ3n) is 3.35. The van der Waals surface area contributed by atoms with Crippen LogP contribution < -0.4 is 16.4 Å². The van der Waals surface area contributed by atoms with E-state index in [0.29, 0.717) is 22.5 Å². The van der Waals surface area contributed by atoms with Gasteiger partial charge in [-0.25, -0.2) is 0 Å². The Morgan fingerprint density at radius 3 is 2.67 bits per heavy atom.